The molecule has 0 unspecified atom stereocenters. The highest BCUT2D eigenvalue weighted by molar-refractivity contribution is 6.31. The lowest BCUT2D eigenvalue weighted by atomic mass is 10.0. The van der Waals surface area contributed by atoms with Crippen LogP contribution in [0.3, 0.4) is 0 Å². The molecule has 5 rings (SSSR count). The number of aliphatic hydroxyl groups is 1. The first kappa shape index (κ1) is 24.7. The number of likely N-dealkylation sites (tertiary alicyclic amines) is 1. The molecule has 2 aliphatic heterocycles. The Labute approximate surface area is 209 Å². The van der Waals surface area contributed by atoms with Crippen LogP contribution in [0.25, 0.3) is 11.0 Å². The number of aliphatic hydroxyl groups excluding tert-OH is 1. The fourth-order valence-corrected chi connectivity index (χ4v) is 4.65. The fraction of sp³-hybridized carbons (Fsp3) is 0.400. The van der Waals surface area contributed by atoms with Crippen LogP contribution in [0.4, 0.5) is 13.2 Å². The Hall–Kier alpha value is -2.95. The van der Waals surface area contributed by atoms with E-state index < -0.39 is 35.9 Å². The molecule has 36 heavy (non-hydrogen) atoms. The minimum absolute atomic E-state index is 0.0341. The highest BCUT2D eigenvalue weighted by Crippen LogP contribution is 2.36. The van der Waals surface area contributed by atoms with Crippen LogP contribution in [-0.2, 0) is 10.7 Å². The zero-order valence-corrected chi connectivity index (χ0v) is 19.8. The van der Waals surface area contributed by atoms with E-state index in [-0.39, 0.29) is 18.7 Å². The summed E-state index contributed by atoms with van der Waals surface area (Å²) in [5, 5.41) is 14.1. The summed E-state index contributed by atoms with van der Waals surface area (Å²) in [7, 11) is 0. The Kier molecular flexibility index (Phi) is 6.76. The predicted octanol–water partition coefficient (Wildman–Crippen LogP) is 4.21. The summed E-state index contributed by atoms with van der Waals surface area (Å²) in [4.78, 5) is 14.5. The second kappa shape index (κ2) is 9.84. The molecule has 1 aromatic heterocycles. The molecule has 11 heteroatoms. The van der Waals surface area contributed by atoms with Crippen molar-refractivity contribution in [3.8, 4) is 11.5 Å². The topological polar surface area (TPSA) is 84.2 Å². The van der Waals surface area contributed by atoms with Gasteiger partial charge in [0.05, 0.1) is 6.04 Å². The van der Waals surface area contributed by atoms with Gasteiger partial charge in [0.15, 0.2) is 17.3 Å². The summed E-state index contributed by atoms with van der Waals surface area (Å²) >= 11 is 5.92. The Bertz CT molecular complexity index is 1270. The summed E-state index contributed by atoms with van der Waals surface area (Å²) in [5.74, 6) is -5.64. The number of benzene rings is 2. The van der Waals surface area contributed by atoms with Gasteiger partial charge in [-0.15, -0.1) is 0 Å². The van der Waals surface area contributed by atoms with Gasteiger partial charge in [-0.3, -0.25) is 9.69 Å². The highest BCUT2D eigenvalue weighted by atomic mass is 35.5. The number of carbonyl (C=O) groups is 1. The average molecular weight is 525 g/mol. The summed E-state index contributed by atoms with van der Waals surface area (Å²) in [6.07, 6.45) is -2.15. The Morgan fingerprint density at radius 2 is 1.94 bits per heavy atom. The molecule has 7 nitrogen and oxygen atoms in total. The number of halogens is 4. The second-order valence-corrected chi connectivity index (χ2v) is 9.38. The molecule has 192 valence electrons. The van der Waals surface area contributed by atoms with Crippen LogP contribution >= 0.6 is 11.6 Å². The van der Waals surface area contributed by atoms with Gasteiger partial charge in [-0.05, 0) is 48.4 Å². The van der Waals surface area contributed by atoms with Crippen molar-refractivity contribution in [1.82, 2.24) is 10.2 Å². The number of hydrogen-bond donors (Lipinski definition) is 2. The monoisotopic (exact) mass is 524 g/mol. The van der Waals surface area contributed by atoms with Gasteiger partial charge in [0.2, 0.25) is 0 Å². The molecule has 2 N–H and O–H groups in total. The van der Waals surface area contributed by atoms with E-state index in [9.17, 15) is 14.3 Å². The number of nitrogens with zero attached hydrogens (tertiary/aromatic N) is 1. The molecule has 0 saturated carbocycles. The van der Waals surface area contributed by atoms with E-state index in [4.69, 9.17) is 25.5 Å². The van der Waals surface area contributed by atoms with Gasteiger partial charge in [-0.25, -0.2) is 4.39 Å². The van der Waals surface area contributed by atoms with Crippen LogP contribution in [0, 0.1) is 0 Å². The predicted molar refractivity (Wildman–Crippen MR) is 125 cm³/mol. The minimum Gasteiger partial charge on any atom is -0.486 e. The number of nitrogens with one attached hydrogen (secondary N) is 1. The van der Waals surface area contributed by atoms with Gasteiger partial charge in [-0.1, -0.05) is 17.7 Å². The third-order valence-corrected chi connectivity index (χ3v) is 6.58. The summed E-state index contributed by atoms with van der Waals surface area (Å²) in [6.45, 7) is 1.14. The summed E-state index contributed by atoms with van der Waals surface area (Å²) in [6, 6.07) is 8.98. The minimum atomic E-state index is -4.04. The summed E-state index contributed by atoms with van der Waals surface area (Å²) < 4.78 is 60.4. The van der Waals surface area contributed by atoms with Gasteiger partial charge < -0.3 is 24.3 Å². The van der Waals surface area contributed by atoms with Crippen molar-refractivity contribution in [2.45, 2.75) is 30.7 Å². The van der Waals surface area contributed by atoms with E-state index >= 15 is 8.78 Å². The van der Waals surface area contributed by atoms with Crippen molar-refractivity contribution >= 4 is 28.5 Å². The van der Waals surface area contributed by atoms with Gasteiger partial charge >= 0.3 is 5.92 Å². The first-order chi connectivity index (χ1) is 17.2. The number of ether oxygens (including phenoxy) is 2. The van der Waals surface area contributed by atoms with Gasteiger partial charge in [0.25, 0.3) is 5.91 Å². The van der Waals surface area contributed by atoms with Crippen LogP contribution in [-0.4, -0.2) is 61.0 Å². The van der Waals surface area contributed by atoms with E-state index in [1.807, 2.05) is 0 Å². The highest BCUT2D eigenvalue weighted by Gasteiger charge is 2.46. The lowest BCUT2D eigenvalue weighted by Crippen LogP contribution is -2.51. The first-order valence-electron chi connectivity index (χ1n) is 11.5. The van der Waals surface area contributed by atoms with Crippen molar-refractivity contribution in [3.05, 3.63) is 58.8 Å². The van der Waals surface area contributed by atoms with Crippen molar-refractivity contribution in [2.75, 3.05) is 32.8 Å². The van der Waals surface area contributed by atoms with Crippen LogP contribution in [0.5, 0.6) is 11.5 Å². The second-order valence-electron chi connectivity index (χ2n) is 8.94. The molecule has 3 aromatic rings. The smallest absolute Gasteiger partial charge is 0.380 e. The third kappa shape index (κ3) is 4.98. The molecule has 1 amide bonds. The van der Waals surface area contributed by atoms with E-state index in [0.717, 1.165) is 6.07 Å². The van der Waals surface area contributed by atoms with E-state index in [1.165, 1.54) is 18.2 Å². The maximum Gasteiger partial charge on any atom is 0.380 e. The van der Waals surface area contributed by atoms with E-state index in [2.05, 4.69) is 5.32 Å². The normalized spacial score (nSPS) is 19.9. The first-order valence-corrected chi connectivity index (χ1v) is 11.9. The number of hydrogen-bond acceptors (Lipinski definition) is 6. The lowest BCUT2D eigenvalue weighted by Gasteiger charge is -2.30. The number of carbonyl (C=O) groups excluding carboxylic acids is 1. The van der Waals surface area contributed by atoms with E-state index in [1.54, 1.807) is 23.1 Å². The molecule has 1 fully saturated rings. The molecule has 0 radical (unpaired) electrons. The van der Waals surface area contributed by atoms with Crippen LogP contribution in [0.2, 0.25) is 5.02 Å². The number of alkyl halides is 3. The zero-order chi connectivity index (χ0) is 25.4. The Morgan fingerprint density at radius 3 is 2.69 bits per heavy atom. The number of fused-ring (bicyclic) bond motifs is 2. The number of rotatable bonds is 7. The van der Waals surface area contributed by atoms with Crippen molar-refractivity contribution < 1.29 is 37.0 Å². The molecular weight excluding hydrogens is 501 g/mol. The Balaban J connectivity index is 1.39. The molecular formula is C25H24ClF3N2O5. The molecule has 3 heterocycles. The fourth-order valence-electron chi connectivity index (χ4n) is 4.47. The maximum atomic E-state index is 15.2. The van der Waals surface area contributed by atoms with Gasteiger partial charge in [-0.2, -0.15) is 8.78 Å². The molecule has 2 aromatic carbocycles. The van der Waals surface area contributed by atoms with Gasteiger partial charge in [0.1, 0.15) is 31.1 Å². The molecule has 0 bridgehead atoms. The van der Waals surface area contributed by atoms with Crippen molar-refractivity contribution in [1.29, 1.82) is 0 Å². The zero-order valence-electron chi connectivity index (χ0n) is 19.1. The quantitative estimate of drug-likeness (QED) is 0.482. The van der Waals surface area contributed by atoms with Crippen molar-refractivity contribution in [3.63, 3.8) is 0 Å². The lowest BCUT2D eigenvalue weighted by molar-refractivity contribution is -0.151. The standard InChI is InChI=1S/C25H24ClF3N2O5/c26-16-2-4-19-15(9-16)11-22(36-19)25(28,29)24(33)30-18(13-31-6-5-17(27)12-31)23(32)14-1-3-20-21(10-14)35-8-7-34-20/h1-4,9-11,17-18,23,32H,5-8,12-13H2,(H,30,33)/t17-,18+,23+/m0/s1. The number of furan rings is 1. The van der Waals surface area contributed by atoms with Gasteiger partial charge in [0, 0.05) is 30.0 Å². The SMILES string of the molecule is O=C(N[C@H](CN1CC[C@H](F)C1)[C@H](O)c1ccc2c(c1)OCCO2)C(F)(F)c1cc2cc(Cl)ccc2o1. The van der Waals surface area contributed by atoms with Crippen LogP contribution in [0.15, 0.2) is 46.9 Å². The van der Waals surface area contributed by atoms with Crippen LogP contribution < -0.4 is 14.8 Å². The largest absolute Gasteiger partial charge is 0.486 e. The molecule has 0 aliphatic carbocycles. The van der Waals surface area contributed by atoms with Crippen molar-refractivity contribution in [2.24, 2.45) is 0 Å². The van der Waals surface area contributed by atoms with Crippen LogP contribution in [0.1, 0.15) is 23.8 Å². The maximum absolute atomic E-state index is 15.2. The average Bonchev–Trinajstić information content (AvgIpc) is 3.48. The molecule has 3 atom stereocenters. The third-order valence-electron chi connectivity index (χ3n) is 6.35. The number of amides is 1. The van der Waals surface area contributed by atoms with E-state index in [0.29, 0.717) is 53.7 Å². The molecule has 1 saturated heterocycles. The molecule has 2 aliphatic rings. The summed E-state index contributed by atoms with van der Waals surface area (Å²) in [5.41, 5.74) is 0.489. The molecule has 0 spiro atoms. The Morgan fingerprint density at radius 1 is 1.17 bits per heavy atom.